The van der Waals surface area contributed by atoms with Gasteiger partial charge in [-0.15, -0.1) is 0 Å². The summed E-state index contributed by atoms with van der Waals surface area (Å²) in [5, 5.41) is 6.52. The molecular weight excluding hydrogens is 188 g/mol. The van der Waals surface area contributed by atoms with Gasteiger partial charge in [-0.25, -0.2) is 0 Å². The summed E-state index contributed by atoms with van der Waals surface area (Å²) in [5.74, 6) is 0.446. The van der Waals surface area contributed by atoms with Crippen molar-refractivity contribution in [3.05, 3.63) is 0 Å². The van der Waals surface area contributed by atoms with Gasteiger partial charge in [0, 0.05) is 18.5 Å². The lowest BCUT2D eigenvalue weighted by Gasteiger charge is -2.20. The van der Waals surface area contributed by atoms with Crippen molar-refractivity contribution in [3.8, 4) is 0 Å². The molecule has 1 rings (SSSR count). The summed E-state index contributed by atoms with van der Waals surface area (Å²) in [6.45, 7) is 6.20. The topological polar surface area (TPSA) is 41.1 Å². The standard InChI is InChI=1S/C12H24N2O/c1-3-10(4-2)12(15)14-11-7-5-6-8-13-9-11/h10-11,13H,3-9H2,1-2H3,(H,14,15). The van der Waals surface area contributed by atoms with Gasteiger partial charge in [0.25, 0.3) is 0 Å². The predicted octanol–water partition coefficient (Wildman–Crippen LogP) is 1.68. The minimum Gasteiger partial charge on any atom is -0.352 e. The molecule has 2 N–H and O–H groups in total. The molecule has 3 heteroatoms. The van der Waals surface area contributed by atoms with E-state index >= 15 is 0 Å². The monoisotopic (exact) mass is 212 g/mol. The third-order valence-electron chi connectivity index (χ3n) is 3.25. The highest BCUT2D eigenvalue weighted by molar-refractivity contribution is 5.78. The van der Waals surface area contributed by atoms with E-state index in [-0.39, 0.29) is 11.8 Å². The van der Waals surface area contributed by atoms with E-state index in [0.29, 0.717) is 6.04 Å². The van der Waals surface area contributed by atoms with Gasteiger partial charge in [-0.05, 0) is 32.2 Å². The van der Waals surface area contributed by atoms with Crippen molar-refractivity contribution in [3.63, 3.8) is 0 Å². The molecule has 0 spiro atoms. The van der Waals surface area contributed by atoms with Crippen molar-refractivity contribution in [1.29, 1.82) is 0 Å². The molecule has 0 aromatic heterocycles. The zero-order valence-electron chi connectivity index (χ0n) is 10.0. The van der Waals surface area contributed by atoms with Gasteiger partial charge in [0.1, 0.15) is 0 Å². The maximum Gasteiger partial charge on any atom is 0.223 e. The Labute approximate surface area is 93.0 Å². The van der Waals surface area contributed by atoms with Crippen LogP contribution < -0.4 is 10.6 Å². The molecule has 0 aliphatic carbocycles. The van der Waals surface area contributed by atoms with Crippen molar-refractivity contribution in [2.24, 2.45) is 5.92 Å². The SMILES string of the molecule is CCC(CC)C(=O)NC1CCCCNC1. The second kappa shape index (κ2) is 6.83. The molecule has 0 bridgehead atoms. The Balaban J connectivity index is 2.34. The zero-order valence-corrected chi connectivity index (χ0v) is 10.0. The van der Waals surface area contributed by atoms with Gasteiger partial charge in [-0.1, -0.05) is 20.3 Å². The Morgan fingerprint density at radius 1 is 1.40 bits per heavy atom. The Morgan fingerprint density at radius 2 is 2.13 bits per heavy atom. The molecule has 15 heavy (non-hydrogen) atoms. The summed E-state index contributed by atoms with van der Waals surface area (Å²) in [6, 6.07) is 0.348. The lowest BCUT2D eigenvalue weighted by molar-refractivity contribution is -0.125. The molecular formula is C12H24N2O. The molecule has 3 nitrogen and oxygen atoms in total. The van der Waals surface area contributed by atoms with Gasteiger partial charge in [-0.2, -0.15) is 0 Å². The largest absolute Gasteiger partial charge is 0.352 e. The number of carbonyl (C=O) groups is 1. The molecule has 1 atom stereocenters. The van der Waals surface area contributed by atoms with Gasteiger partial charge in [0.2, 0.25) is 5.91 Å². The van der Waals surface area contributed by atoms with Crippen molar-refractivity contribution < 1.29 is 4.79 Å². The van der Waals surface area contributed by atoms with Crippen molar-refractivity contribution in [2.45, 2.75) is 52.0 Å². The predicted molar refractivity (Wildman–Crippen MR) is 62.7 cm³/mol. The van der Waals surface area contributed by atoms with Crippen LogP contribution in [-0.2, 0) is 4.79 Å². The molecule has 1 saturated heterocycles. The van der Waals surface area contributed by atoms with Crippen LogP contribution in [0, 0.1) is 5.92 Å². The molecule has 88 valence electrons. The van der Waals surface area contributed by atoms with Crippen molar-refractivity contribution in [2.75, 3.05) is 13.1 Å². The Kier molecular flexibility index (Phi) is 5.69. The fourth-order valence-corrected chi connectivity index (χ4v) is 2.12. The second-order valence-corrected chi connectivity index (χ2v) is 4.42. The number of hydrogen-bond donors (Lipinski definition) is 2. The minimum absolute atomic E-state index is 0.202. The number of hydrogen-bond acceptors (Lipinski definition) is 2. The van der Waals surface area contributed by atoms with Crippen LogP contribution >= 0.6 is 0 Å². The van der Waals surface area contributed by atoms with E-state index in [1.807, 2.05) is 0 Å². The number of nitrogens with one attached hydrogen (secondary N) is 2. The average Bonchev–Trinajstić information content (AvgIpc) is 2.48. The molecule has 0 aromatic rings. The van der Waals surface area contributed by atoms with E-state index in [0.717, 1.165) is 32.4 Å². The van der Waals surface area contributed by atoms with Gasteiger partial charge in [0.15, 0.2) is 0 Å². The fourth-order valence-electron chi connectivity index (χ4n) is 2.12. The average molecular weight is 212 g/mol. The first-order chi connectivity index (χ1) is 7.27. The van der Waals surface area contributed by atoms with E-state index < -0.39 is 0 Å². The molecule has 1 aliphatic heterocycles. The van der Waals surface area contributed by atoms with Crippen LogP contribution in [0.3, 0.4) is 0 Å². The number of amides is 1. The molecule has 1 amide bonds. The molecule has 0 aromatic carbocycles. The molecule has 0 radical (unpaired) electrons. The third-order valence-corrected chi connectivity index (χ3v) is 3.25. The first-order valence-electron chi connectivity index (χ1n) is 6.29. The fraction of sp³-hybridized carbons (Fsp3) is 0.917. The maximum atomic E-state index is 11.8. The third kappa shape index (κ3) is 4.20. The van der Waals surface area contributed by atoms with Crippen LogP contribution in [0.15, 0.2) is 0 Å². The lowest BCUT2D eigenvalue weighted by Crippen LogP contribution is -2.43. The van der Waals surface area contributed by atoms with Crippen LogP contribution in [0.1, 0.15) is 46.0 Å². The van der Waals surface area contributed by atoms with Crippen LogP contribution in [0.2, 0.25) is 0 Å². The van der Waals surface area contributed by atoms with E-state index in [9.17, 15) is 4.79 Å². The summed E-state index contributed by atoms with van der Waals surface area (Å²) in [7, 11) is 0. The van der Waals surface area contributed by atoms with Crippen LogP contribution in [0.25, 0.3) is 0 Å². The van der Waals surface area contributed by atoms with Crippen molar-refractivity contribution >= 4 is 5.91 Å². The zero-order chi connectivity index (χ0) is 11.1. The smallest absolute Gasteiger partial charge is 0.223 e. The van der Waals surface area contributed by atoms with Gasteiger partial charge >= 0.3 is 0 Å². The van der Waals surface area contributed by atoms with Crippen LogP contribution in [0.4, 0.5) is 0 Å². The van der Waals surface area contributed by atoms with E-state index in [2.05, 4.69) is 24.5 Å². The lowest BCUT2D eigenvalue weighted by atomic mass is 10.0. The van der Waals surface area contributed by atoms with E-state index in [1.165, 1.54) is 12.8 Å². The minimum atomic E-state index is 0.202. The Hall–Kier alpha value is -0.570. The summed E-state index contributed by atoms with van der Waals surface area (Å²) in [6.07, 6.45) is 5.47. The van der Waals surface area contributed by atoms with Crippen LogP contribution in [0.5, 0.6) is 0 Å². The first-order valence-corrected chi connectivity index (χ1v) is 6.29. The van der Waals surface area contributed by atoms with Crippen molar-refractivity contribution in [1.82, 2.24) is 10.6 Å². The highest BCUT2D eigenvalue weighted by atomic mass is 16.1. The highest BCUT2D eigenvalue weighted by Gasteiger charge is 2.19. The summed E-state index contributed by atoms with van der Waals surface area (Å²) >= 11 is 0. The Bertz CT molecular complexity index is 182. The molecule has 1 fully saturated rings. The maximum absolute atomic E-state index is 11.8. The second-order valence-electron chi connectivity index (χ2n) is 4.42. The van der Waals surface area contributed by atoms with E-state index in [4.69, 9.17) is 0 Å². The number of carbonyl (C=O) groups excluding carboxylic acids is 1. The quantitative estimate of drug-likeness (QED) is 0.744. The molecule has 1 heterocycles. The normalized spacial score (nSPS) is 22.5. The highest BCUT2D eigenvalue weighted by Crippen LogP contribution is 2.10. The van der Waals surface area contributed by atoms with Gasteiger partial charge in [-0.3, -0.25) is 4.79 Å². The molecule has 0 saturated carbocycles. The number of rotatable bonds is 4. The first kappa shape index (κ1) is 12.5. The van der Waals surface area contributed by atoms with Gasteiger partial charge in [0.05, 0.1) is 0 Å². The summed E-state index contributed by atoms with van der Waals surface area (Å²) in [5.41, 5.74) is 0. The molecule has 1 unspecified atom stereocenters. The van der Waals surface area contributed by atoms with Crippen LogP contribution in [-0.4, -0.2) is 25.0 Å². The summed E-state index contributed by atoms with van der Waals surface area (Å²) < 4.78 is 0. The Morgan fingerprint density at radius 3 is 2.80 bits per heavy atom. The van der Waals surface area contributed by atoms with E-state index in [1.54, 1.807) is 0 Å². The summed E-state index contributed by atoms with van der Waals surface area (Å²) in [4.78, 5) is 11.8. The van der Waals surface area contributed by atoms with Gasteiger partial charge < -0.3 is 10.6 Å². The molecule has 1 aliphatic rings.